The Morgan fingerprint density at radius 2 is 1.73 bits per heavy atom. The van der Waals surface area contributed by atoms with Crippen molar-refractivity contribution >= 4 is 38.0 Å². The van der Waals surface area contributed by atoms with Gasteiger partial charge in [-0.05, 0) is 24.3 Å². The summed E-state index contributed by atoms with van der Waals surface area (Å²) in [5.41, 5.74) is 7.25. The molecule has 0 bridgehead atoms. The van der Waals surface area contributed by atoms with E-state index in [4.69, 9.17) is 11.0 Å². The van der Waals surface area contributed by atoms with E-state index in [1.54, 1.807) is 42.5 Å². The first-order valence-electron chi connectivity index (χ1n) is 7.11. The molecule has 0 unspecified atom stereocenters. The maximum atomic E-state index is 11.7. The normalized spacial score (nSPS) is 11.2. The zero-order valence-corrected chi connectivity index (χ0v) is 16.6. The van der Waals surface area contributed by atoms with Crippen molar-refractivity contribution in [2.75, 3.05) is 5.73 Å². The Morgan fingerprint density at radius 1 is 1.04 bits per heavy atom. The summed E-state index contributed by atoms with van der Waals surface area (Å²) in [4.78, 5) is -0.294. The molecule has 0 saturated heterocycles. The number of nitrogen functional groups attached to an aromatic ring is 1. The van der Waals surface area contributed by atoms with Crippen molar-refractivity contribution in [1.82, 2.24) is 0 Å². The molecule has 7 nitrogen and oxygen atoms in total. The SMILES string of the molecule is N#Cc1cccc(N=Nc2cc(S(=O)(=O)O)c3ccccc3c2N)c1.[H-].[Na+]. The van der Waals surface area contributed by atoms with Crippen molar-refractivity contribution in [3.05, 3.63) is 60.2 Å². The van der Waals surface area contributed by atoms with Gasteiger partial charge in [-0.15, -0.1) is 5.11 Å². The van der Waals surface area contributed by atoms with Crippen LogP contribution < -0.4 is 35.3 Å². The molecule has 0 aliphatic rings. The number of fused-ring (bicyclic) bond motifs is 1. The number of hydrogen-bond donors (Lipinski definition) is 2. The predicted molar refractivity (Wildman–Crippen MR) is 94.6 cm³/mol. The zero-order chi connectivity index (χ0) is 18.0. The molecule has 26 heavy (non-hydrogen) atoms. The standard InChI is InChI=1S/C17H12N4O3S.Na.H/c18-10-11-4-3-5-12(8-11)20-21-15-9-16(25(22,23)24)13-6-1-2-7-14(13)17(15)19;;/h1-9H,19H2,(H,22,23,24);;/q;+1;-1. The van der Waals surface area contributed by atoms with Gasteiger partial charge in [-0.2, -0.15) is 18.8 Å². The molecule has 9 heteroatoms. The monoisotopic (exact) mass is 376 g/mol. The van der Waals surface area contributed by atoms with Gasteiger partial charge in [0, 0.05) is 10.8 Å². The quantitative estimate of drug-likeness (QED) is 0.306. The Bertz CT molecular complexity index is 1160. The summed E-state index contributed by atoms with van der Waals surface area (Å²) in [6.45, 7) is 0. The van der Waals surface area contributed by atoms with Crippen molar-refractivity contribution in [3.8, 4) is 6.07 Å². The fourth-order valence-electron chi connectivity index (χ4n) is 2.40. The number of hydrogen-bond acceptors (Lipinski definition) is 6. The average Bonchev–Trinajstić information content (AvgIpc) is 2.60. The number of rotatable bonds is 3. The molecular formula is C17H13N4NaO3S. The molecule has 0 aliphatic carbocycles. The van der Waals surface area contributed by atoms with Crippen LogP contribution in [0.1, 0.15) is 6.99 Å². The summed E-state index contributed by atoms with van der Waals surface area (Å²) < 4.78 is 32.8. The third-order valence-corrected chi connectivity index (χ3v) is 4.45. The van der Waals surface area contributed by atoms with E-state index >= 15 is 0 Å². The molecule has 0 saturated carbocycles. The van der Waals surface area contributed by atoms with Gasteiger partial charge in [0.05, 0.1) is 23.0 Å². The summed E-state index contributed by atoms with van der Waals surface area (Å²) in [5, 5.41) is 17.6. The molecule has 3 N–H and O–H groups in total. The molecule has 3 aromatic carbocycles. The Kier molecular flexibility index (Phi) is 6.13. The molecule has 3 rings (SSSR count). The van der Waals surface area contributed by atoms with Crippen LogP contribution in [0.2, 0.25) is 0 Å². The third-order valence-electron chi connectivity index (χ3n) is 3.55. The van der Waals surface area contributed by atoms with Gasteiger partial charge in [0.1, 0.15) is 10.6 Å². The summed E-state index contributed by atoms with van der Waals surface area (Å²) in [6.07, 6.45) is 0. The molecule has 0 radical (unpaired) electrons. The zero-order valence-electron chi connectivity index (χ0n) is 14.8. The number of anilines is 1. The fourth-order valence-corrected chi connectivity index (χ4v) is 3.11. The van der Waals surface area contributed by atoms with Gasteiger partial charge in [0.15, 0.2) is 0 Å². The topological polar surface area (TPSA) is 129 Å². The van der Waals surface area contributed by atoms with Gasteiger partial charge >= 0.3 is 29.6 Å². The molecule has 0 atom stereocenters. The van der Waals surface area contributed by atoms with Crippen molar-refractivity contribution in [1.29, 1.82) is 5.26 Å². The number of nitrogens with zero attached hydrogens (tertiary/aromatic N) is 3. The van der Waals surface area contributed by atoms with Crippen LogP contribution in [-0.4, -0.2) is 13.0 Å². The van der Waals surface area contributed by atoms with Crippen LogP contribution in [0.3, 0.4) is 0 Å². The molecule has 0 fully saturated rings. The van der Waals surface area contributed by atoms with E-state index in [1.165, 1.54) is 12.1 Å². The first-order chi connectivity index (χ1) is 11.9. The van der Waals surface area contributed by atoms with E-state index in [0.717, 1.165) is 0 Å². The summed E-state index contributed by atoms with van der Waals surface area (Å²) in [5.74, 6) is 0. The van der Waals surface area contributed by atoms with Crippen LogP contribution in [0.5, 0.6) is 0 Å². The van der Waals surface area contributed by atoms with Crippen LogP contribution in [0.4, 0.5) is 17.1 Å². The number of benzene rings is 3. The molecule has 3 aromatic rings. The molecule has 0 heterocycles. The van der Waals surface area contributed by atoms with E-state index in [2.05, 4.69) is 10.2 Å². The van der Waals surface area contributed by atoms with Crippen molar-refractivity contribution < 1.29 is 44.0 Å². The van der Waals surface area contributed by atoms with Crippen LogP contribution in [0.25, 0.3) is 10.8 Å². The molecular weight excluding hydrogens is 363 g/mol. The van der Waals surface area contributed by atoms with Crippen molar-refractivity contribution in [2.24, 2.45) is 10.2 Å². The van der Waals surface area contributed by atoms with E-state index in [0.29, 0.717) is 22.0 Å². The smallest absolute Gasteiger partial charge is 1.00 e. The molecule has 0 aliphatic heterocycles. The van der Waals surface area contributed by atoms with Crippen LogP contribution in [0, 0.1) is 11.3 Å². The van der Waals surface area contributed by atoms with Gasteiger partial charge in [-0.25, -0.2) is 0 Å². The summed E-state index contributed by atoms with van der Waals surface area (Å²) in [7, 11) is -4.46. The summed E-state index contributed by atoms with van der Waals surface area (Å²) in [6, 6.07) is 16.1. The minimum absolute atomic E-state index is 0. The Labute approximate surface area is 173 Å². The molecule has 0 amide bonds. The first-order valence-corrected chi connectivity index (χ1v) is 8.55. The molecule has 0 aromatic heterocycles. The number of nitrogens with two attached hydrogens (primary N) is 1. The average molecular weight is 376 g/mol. The fraction of sp³-hybridized carbons (Fsp3) is 0. The largest absolute Gasteiger partial charge is 1.00 e. The second kappa shape index (κ2) is 7.95. The van der Waals surface area contributed by atoms with Crippen LogP contribution in [0.15, 0.2) is 69.7 Å². The van der Waals surface area contributed by atoms with E-state index in [1.807, 2.05) is 6.07 Å². The van der Waals surface area contributed by atoms with Crippen molar-refractivity contribution in [2.45, 2.75) is 4.90 Å². The first kappa shape index (κ1) is 20.0. The van der Waals surface area contributed by atoms with Gasteiger partial charge in [0.2, 0.25) is 0 Å². The number of azo groups is 1. The predicted octanol–water partition coefficient (Wildman–Crippen LogP) is 1.07. The minimum Gasteiger partial charge on any atom is -1.00 e. The summed E-state index contributed by atoms with van der Waals surface area (Å²) >= 11 is 0. The number of nitriles is 1. The third kappa shape index (κ3) is 4.09. The second-order valence-corrected chi connectivity index (χ2v) is 6.58. The Hall–Kier alpha value is -2.28. The van der Waals surface area contributed by atoms with Gasteiger partial charge in [-0.3, -0.25) is 4.55 Å². The van der Waals surface area contributed by atoms with Gasteiger partial charge in [0.25, 0.3) is 10.1 Å². The second-order valence-electron chi connectivity index (χ2n) is 5.19. The van der Waals surface area contributed by atoms with E-state index in [-0.39, 0.29) is 47.3 Å². The van der Waals surface area contributed by atoms with Crippen molar-refractivity contribution in [3.63, 3.8) is 0 Å². The van der Waals surface area contributed by atoms with Gasteiger partial charge in [-0.1, -0.05) is 30.3 Å². The minimum atomic E-state index is -4.46. The van der Waals surface area contributed by atoms with E-state index in [9.17, 15) is 13.0 Å². The van der Waals surface area contributed by atoms with Gasteiger partial charge < -0.3 is 7.16 Å². The van der Waals surface area contributed by atoms with Crippen LogP contribution >= 0.6 is 0 Å². The van der Waals surface area contributed by atoms with E-state index < -0.39 is 10.1 Å². The van der Waals surface area contributed by atoms with Crippen LogP contribution in [-0.2, 0) is 10.1 Å². The molecule has 126 valence electrons. The maximum absolute atomic E-state index is 11.7. The Morgan fingerprint density at radius 3 is 2.38 bits per heavy atom. The maximum Gasteiger partial charge on any atom is 1.00 e. The Balaban J connectivity index is 0.00000182. The molecule has 0 spiro atoms.